The molecule has 5 aromatic rings. The topological polar surface area (TPSA) is 73.1 Å². The molecule has 0 saturated carbocycles. The largest absolute Gasteiger partial charge is 0.493 e. The van der Waals surface area contributed by atoms with Crippen molar-refractivity contribution >= 4 is 45.5 Å². The number of carbonyl (C=O) groups is 1. The fourth-order valence-corrected chi connectivity index (χ4v) is 4.08. The first-order valence-corrected chi connectivity index (χ1v) is 11.3. The number of carbonyl (C=O) groups excluding carboxylic acids is 1. The number of benzene rings is 4. The molecular weight excluding hydrogens is 464 g/mol. The Balaban J connectivity index is 1.30. The molecule has 0 radical (unpaired) electrons. The van der Waals surface area contributed by atoms with Crippen LogP contribution in [0.3, 0.4) is 0 Å². The highest BCUT2D eigenvalue weighted by molar-refractivity contribution is 6.32. The van der Waals surface area contributed by atoms with Gasteiger partial charge in [-0.2, -0.15) is 5.10 Å². The highest BCUT2D eigenvalue weighted by Crippen LogP contribution is 2.36. The number of rotatable bonds is 7. The van der Waals surface area contributed by atoms with Crippen LogP contribution < -0.4 is 14.9 Å². The zero-order valence-corrected chi connectivity index (χ0v) is 19.6. The van der Waals surface area contributed by atoms with Crippen LogP contribution in [0.2, 0.25) is 5.02 Å². The number of nitrogens with one attached hydrogen (secondary N) is 1. The number of nitrogens with zero attached hydrogens (tertiary/aromatic N) is 1. The summed E-state index contributed by atoms with van der Waals surface area (Å²) in [7, 11) is 1.54. The third-order valence-corrected chi connectivity index (χ3v) is 5.79. The SMILES string of the molecule is COc1cc(C=NNC(=O)c2cc3c(ccc4ccccc43)o2)cc(Cl)c1OCc1ccccc1. The summed E-state index contributed by atoms with van der Waals surface area (Å²) in [5.74, 6) is 0.621. The molecule has 0 unspecified atom stereocenters. The minimum absolute atomic E-state index is 0.175. The van der Waals surface area contributed by atoms with Gasteiger partial charge in [0.05, 0.1) is 18.3 Å². The summed E-state index contributed by atoms with van der Waals surface area (Å²) in [5, 5.41) is 7.40. The number of methoxy groups -OCH3 is 1. The van der Waals surface area contributed by atoms with E-state index in [1.54, 1.807) is 18.2 Å². The monoisotopic (exact) mass is 484 g/mol. The number of hydrogen-bond acceptors (Lipinski definition) is 5. The average Bonchev–Trinajstić information content (AvgIpc) is 3.33. The quantitative estimate of drug-likeness (QED) is 0.209. The third kappa shape index (κ3) is 4.83. The maximum absolute atomic E-state index is 12.6. The summed E-state index contributed by atoms with van der Waals surface area (Å²) in [6.45, 7) is 0.354. The molecule has 5 rings (SSSR count). The van der Waals surface area contributed by atoms with Crippen LogP contribution in [0.1, 0.15) is 21.7 Å². The van der Waals surface area contributed by atoms with E-state index < -0.39 is 5.91 Å². The van der Waals surface area contributed by atoms with Gasteiger partial charge in [0.2, 0.25) is 0 Å². The lowest BCUT2D eigenvalue weighted by Gasteiger charge is -2.13. The van der Waals surface area contributed by atoms with Gasteiger partial charge in [-0.15, -0.1) is 0 Å². The Morgan fingerprint density at radius 2 is 1.80 bits per heavy atom. The highest BCUT2D eigenvalue weighted by atomic mass is 35.5. The molecule has 1 amide bonds. The van der Waals surface area contributed by atoms with E-state index in [-0.39, 0.29) is 5.76 Å². The van der Waals surface area contributed by atoms with Gasteiger partial charge in [-0.25, -0.2) is 5.43 Å². The molecule has 0 bridgehead atoms. The first kappa shape index (κ1) is 22.5. The van der Waals surface area contributed by atoms with Gasteiger partial charge in [-0.3, -0.25) is 4.79 Å². The van der Waals surface area contributed by atoms with E-state index in [9.17, 15) is 4.79 Å². The van der Waals surface area contributed by atoms with E-state index in [2.05, 4.69) is 10.5 Å². The van der Waals surface area contributed by atoms with Crippen LogP contribution in [-0.2, 0) is 6.61 Å². The Morgan fingerprint density at radius 1 is 1.00 bits per heavy atom. The molecule has 0 aliphatic heterocycles. The molecule has 0 saturated heterocycles. The van der Waals surface area contributed by atoms with Crippen molar-refractivity contribution in [2.24, 2.45) is 5.10 Å². The fraction of sp³-hybridized carbons (Fsp3) is 0.0714. The Bertz CT molecular complexity index is 1540. The zero-order valence-electron chi connectivity index (χ0n) is 18.8. The number of amides is 1. The molecule has 174 valence electrons. The first-order valence-electron chi connectivity index (χ1n) is 10.9. The average molecular weight is 485 g/mol. The van der Waals surface area contributed by atoms with Crippen molar-refractivity contribution in [3.63, 3.8) is 0 Å². The van der Waals surface area contributed by atoms with E-state index in [4.69, 9.17) is 25.5 Å². The zero-order chi connectivity index (χ0) is 24.2. The predicted molar refractivity (Wildman–Crippen MR) is 138 cm³/mol. The van der Waals surface area contributed by atoms with Crippen LogP contribution in [0, 0.1) is 0 Å². The molecule has 0 atom stereocenters. The standard InChI is InChI=1S/C28H21ClN2O4/c1-33-25-14-19(13-23(29)27(25)34-17-18-7-3-2-4-8-18)16-30-31-28(32)26-15-22-21-10-6-5-9-20(21)11-12-24(22)35-26/h2-16H,17H2,1H3,(H,31,32). The van der Waals surface area contributed by atoms with Gasteiger partial charge >= 0.3 is 5.91 Å². The first-order chi connectivity index (χ1) is 17.1. The number of halogens is 1. The Hall–Kier alpha value is -4.29. The molecule has 0 aliphatic rings. The van der Waals surface area contributed by atoms with Gasteiger partial charge < -0.3 is 13.9 Å². The maximum atomic E-state index is 12.6. The Kier molecular flexibility index (Phi) is 6.37. The van der Waals surface area contributed by atoms with Crippen molar-refractivity contribution < 1.29 is 18.7 Å². The van der Waals surface area contributed by atoms with Crippen molar-refractivity contribution in [3.8, 4) is 11.5 Å². The second-order valence-electron chi connectivity index (χ2n) is 7.82. The lowest BCUT2D eigenvalue weighted by molar-refractivity contribution is 0.0929. The van der Waals surface area contributed by atoms with Gasteiger partial charge in [0.1, 0.15) is 12.2 Å². The normalized spacial score (nSPS) is 11.3. The van der Waals surface area contributed by atoms with Gasteiger partial charge in [-0.1, -0.05) is 72.3 Å². The smallest absolute Gasteiger partial charge is 0.307 e. The third-order valence-electron chi connectivity index (χ3n) is 5.51. The molecule has 1 aromatic heterocycles. The summed E-state index contributed by atoms with van der Waals surface area (Å²) in [6.07, 6.45) is 1.48. The van der Waals surface area contributed by atoms with Crippen LogP contribution in [0.25, 0.3) is 21.7 Å². The second kappa shape index (κ2) is 9.91. The Labute approximate surface area is 206 Å². The Morgan fingerprint density at radius 3 is 2.63 bits per heavy atom. The predicted octanol–water partition coefficient (Wildman–Crippen LogP) is 6.59. The molecule has 0 spiro atoms. The number of ether oxygens (including phenoxy) is 2. The lowest BCUT2D eigenvalue weighted by atomic mass is 10.1. The van der Waals surface area contributed by atoms with E-state index in [1.165, 1.54) is 13.3 Å². The summed E-state index contributed by atoms with van der Waals surface area (Å²) in [5.41, 5.74) is 4.78. The number of fused-ring (bicyclic) bond motifs is 3. The van der Waals surface area contributed by atoms with Crippen LogP contribution in [0.4, 0.5) is 0 Å². The van der Waals surface area contributed by atoms with Gasteiger partial charge in [-0.05, 0) is 46.2 Å². The van der Waals surface area contributed by atoms with Crippen molar-refractivity contribution in [1.29, 1.82) is 0 Å². The molecule has 7 heteroatoms. The van der Waals surface area contributed by atoms with Gasteiger partial charge in [0, 0.05) is 5.39 Å². The summed E-state index contributed by atoms with van der Waals surface area (Å²) >= 11 is 6.44. The van der Waals surface area contributed by atoms with Gasteiger partial charge in [0.15, 0.2) is 17.3 Å². The fourth-order valence-electron chi connectivity index (χ4n) is 3.81. The van der Waals surface area contributed by atoms with Gasteiger partial charge in [0.25, 0.3) is 0 Å². The lowest BCUT2D eigenvalue weighted by Crippen LogP contribution is -2.16. The summed E-state index contributed by atoms with van der Waals surface area (Å²) < 4.78 is 17.1. The van der Waals surface area contributed by atoms with Crippen molar-refractivity contribution in [2.45, 2.75) is 6.61 Å². The molecule has 4 aromatic carbocycles. The van der Waals surface area contributed by atoms with E-state index in [1.807, 2.05) is 66.7 Å². The molecule has 1 heterocycles. The van der Waals surface area contributed by atoms with Crippen LogP contribution >= 0.6 is 11.6 Å². The minimum atomic E-state index is -0.456. The minimum Gasteiger partial charge on any atom is -0.493 e. The van der Waals surface area contributed by atoms with Crippen molar-refractivity contribution in [3.05, 3.63) is 107 Å². The molecular formula is C28H21ClN2O4. The van der Waals surface area contributed by atoms with Crippen molar-refractivity contribution in [2.75, 3.05) is 7.11 Å². The summed E-state index contributed by atoms with van der Waals surface area (Å²) in [6, 6.07) is 26.7. The molecule has 0 fully saturated rings. The summed E-state index contributed by atoms with van der Waals surface area (Å²) in [4.78, 5) is 12.6. The van der Waals surface area contributed by atoms with E-state index >= 15 is 0 Å². The van der Waals surface area contributed by atoms with Crippen LogP contribution in [-0.4, -0.2) is 19.2 Å². The number of hydrazone groups is 1. The van der Waals surface area contributed by atoms with Crippen LogP contribution in [0.5, 0.6) is 11.5 Å². The number of furan rings is 1. The molecule has 0 aliphatic carbocycles. The number of hydrogen-bond donors (Lipinski definition) is 1. The van der Waals surface area contributed by atoms with E-state index in [0.717, 1.165) is 21.7 Å². The van der Waals surface area contributed by atoms with E-state index in [0.29, 0.717) is 34.3 Å². The molecule has 35 heavy (non-hydrogen) atoms. The maximum Gasteiger partial charge on any atom is 0.307 e. The molecule has 6 nitrogen and oxygen atoms in total. The second-order valence-corrected chi connectivity index (χ2v) is 8.22. The van der Waals surface area contributed by atoms with Crippen molar-refractivity contribution in [1.82, 2.24) is 5.43 Å². The van der Waals surface area contributed by atoms with Crippen LogP contribution in [0.15, 0.2) is 94.4 Å². The highest BCUT2D eigenvalue weighted by Gasteiger charge is 2.14. The molecule has 1 N–H and O–H groups in total.